The van der Waals surface area contributed by atoms with Gasteiger partial charge >= 0.3 is 11.7 Å². The van der Waals surface area contributed by atoms with Crippen molar-refractivity contribution in [2.24, 2.45) is 16.6 Å². The van der Waals surface area contributed by atoms with Gasteiger partial charge in [-0.05, 0) is 36.2 Å². The second kappa shape index (κ2) is 10.5. The Morgan fingerprint density at radius 3 is 2.23 bits per heavy atom. The quantitative estimate of drug-likeness (QED) is 0.286. The van der Waals surface area contributed by atoms with Crippen molar-refractivity contribution in [3.8, 4) is 5.75 Å². The van der Waals surface area contributed by atoms with Gasteiger partial charge in [0.1, 0.15) is 6.10 Å². The minimum absolute atomic E-state index is 0.0540. The van der Waals surface area contributed by atoms with Crippen LogP contribution in [0.4, 0.5) is 11.4 Å². The number of carbonyl (C=O) groups excluding carboxylic acids is 1. The number of esters is 1. The molecule has 0 amide bonds. The van der Waals surface area contributed by atoms with Crippen molar-refractivity contribution in [2.75, 3.05) is 7.11 Å². The first kappa shape index (κ1) is 26.3. The summed E-state index contributed by atoms with van der Waals surface area (Å²) in [5.74, 6) is -0.327. The maximum Gasteiger partial charge on any atom is 0.317 e. The van der Waals surface area contributed by atoms with Gasteiger partial charge in [-0.1, -0.05) is 34.6 Å². The zero-order valence-electron chi connectivity index (χ0n) is 19.0. The van der Waals surface area contributed by atoms with Gasteiger partial charge in [-0.2, -0.15) is 0 Å². The van der Waals surface area contributed by atoms with Gasteiger partial charge in [0, 0.05) is 12.1 Å². The van der Waals surface area contributed by atoms with Gasteiger partial charge in [0.2, 0.25) is 0 Å². The molecule has 0 aliphatic carbocycles. The number of methoxy groups -OCH3 is 1. The molecule has 1 aromatic carbocycles. The Hall–Kier alpha value is -2.75. The van der Waals surface area contributed by atoms with Crippen LogP contribution in [0.2, 0.25) is 0 Å². The molecule has 1 aromatic rings. The maximum absolute atomic E-state index is 11.7. The van der Waals surface area contributed by atoms with Crippen molar-refractivity contribution in [2.45, 2.75) is 72.4 Å². The van der Waals surface area contributed by atoms with Crippen molar-refractivity contribution in [3.63, 3.8) is 0 Å². The summed E-state index contributed by atoms with van der Waals surface area (Å²) in [4.78, 5) is 32.6. The lowest BCUT2D eigenvalue weighted by molar-refractivity contribution is -0.394. The Morgan fingerprint density at radius 1 is 1.13 bits per heavy atom. The molecule has 0 saturated carbocycles. The van der Waals surface area contributed by atoms with E-state index in [4.69, 9.17) is 15.2 Å². The molecule has 0 fully saturated rings. The Labute approximate surface area is 182 Å². The molecule has 0 bridgehead atoms. The molecule has 0 aliphatic rings. The topological polar surface area (TPSA) is 148 Å². The number of nitro groups is 2. The second-order valence-electron chi connectivity index (χ2n) is 9.36. The van der Waals surface area contributed by atoms with Gasteiger partial charge in [0.05, 0.1) is 29.4 Å². The van der Waals surface area contributed by atoms with Crippen molar-refractivity contribution >= 4 is 17.3 Å². The molecule has 1 rings (SSSR count). The van der Waals surface area contributed by atoms with Crippen LogP contribution >= 0.6 is 0 Å². The summed E-state index contributed by atoms with van der Waals surface area (Å²) in [7, 11) is 1.36. The van der Waals surface area contributed by atoms with Gasteiger partial charge in [0.25, 0.3) is 5.69 Å². The molecular weight excluding hydrogens is 406 g/mol. The molecule has 174 valence electrons. The van der Waals surface area contributed by atoms with Crippen LogP contribution in [-0.2, 0) is 9.53 Å². The van der Waals surface area contributed by atoms with E-state index in [9.17, 15) is 25.0 Å². The number of nitro benzene ring substituents is 2. The highest BCUT2D eigenvalue weighted by molar-refractivity contribution is 5.69. The summed E-state index contributed by atoms with van der Waals surface area (Å²) < 4.78 is 10.6. The summed E-state index contributed by atoms with van der Waals surface area (Å²) in [6, 6.07) is 2.84. The van der Waals surface area contributed by atoms with Gasteiger partial charge < -0.3 is 15.2 Å². The number of hydrogen-bond donors (Lipinski definition) is 1. The highest BCUT2D eigenvalue weighted by Crippen LogP contribution is 2.40. The van der Waals surface area contributed by atoms with Crippen LogP contribution < -0.4 is 10.5 Å². The fourth-order valence-electron chi connectivity index (χ4n) is 4.16. The molecule has 0 aliphatic heterocycles. The third-order valence-electron chi connectivity index (χ3n) is 5.10. The largest absolute Gasteiger partial charge is 0.482 e. The highest BCUT2D eigenvalue weighted by Gasteiger charge is 2.34. The van der Waals surface area contributed by atoms with Gasteiger partial charge in [0.15, 0.2) is 5.75 Å². The molecule has 2 unspecified atom stereocenters. The van der Waals surface area contributed by atoms with Crippen LogP contribution in [-0.4, -0.2) is 35.1 Å². The number of rotatable bonds is 12. The highest BCUT2D eigenvalue weighted by atomic mass is 16.6. The maximum atomic E-state index is 11.7. The molecule has 10 heteroatoms. The molecule has 2 atom stereocenters. The van der Waals surface area contributed by atoms with Crippen LogP contribution in [0.5, 0.6) is 5.75 Å². The van der Waals surface area contributed by atoms with Crippen molar-refractivity contribution in [1.29, 1.82) is 0 Å². The van der Waals surface area contributed by atoms with Gasteiger partial charge in [-0.15, -0.1) is 0 Å². The van der Waals surface area contributed by atoms with Crippen molar-refractivity contribution in [3.05, 3.63) is 38.4 Å². The normalized spacial score (nSPS) is 13.9. The third kappa shape index (κ3) is 8.12. The molecule has 2 N–H and O–H groups in total. The van der Waals surface area contributed by atoms with E-state index in [1.165, 1.54) is 19.2 Å². The number of nitrogens with two attached hydrogens (primary N) is 1. The molecule has 0 aromatic heterocycles. The minimum atomic E-state index is -0.708. The molecular formula is C21H33N3O7. The minimum Gasteiger partial charge on any atom is -0.482 e. The molecule has 31 heavy (non-hydrogen) atoms. The predicted molar refractivity (Wildman–Crippen MR) is 116 cm³/mol. The summed E-state index contributed by atoms with van der Waals surface area (Å²) in [5, 5.41) is 22.3. The van der Waals surface area contributed by atoms with E-state index in [1.54, 1.807) is 0 Å². The lowest BCUT2D eigenvalue weighted by atomic mass is 9.70. The molecule has 0 spiro atoms. The fourth-order valence-corrected chi connectivity index (χ4v) is 4.16. The first-order valence-electron chi connectivity index (χ1n) is 10.1. The predicted octanol–water partition coefficient (Wildman–Crippen LogP) is 4.38. The van der Waals surface area contributed by atoms with Crippen LogP contribution in [0.15, 0.2) is 18.2 Å². The monoisotopic (exact) mass is 439 g/mol. The van der Waals surface area contributed by atoms with E-state index in [1.807, 2.05) is 34.6 Å². The van der Waals surface area contributed by atoms with E-state index in [0.717, 1.165) is 6.07 Å². The van der Waals surface area contributed by atoms with E-state index >= 15 is 0 Å². The molecule has 0 saturated heterocycles. The number of carbonyl (C=O) groups is 1. The Morgan fingerprint density at radius 2 is 1.74 bits per heavy atom. The summed E-state index contributed by atoms with van der Waals surface area (Å²) in [6.07, 6.45) is 1.51. The average molecular weight is 440 g/mol. The first-order valence-corrected chi connectivity index (χ1v) is 10.1. The van der Waals surface area contributed by atoms with Crippen LogP contribution in [0.25, 0.3) is 0 Å². The fraction of sp³-hybridized carbons (Fsp3) is 0.667. The summed E-state index contributed by atoms with van der Waals surface area (Å²) >= 11 is 0. The van der Waals surface area contributed by atoms with Crippen LogP contribution in [0.3, 0.4) is 0 Å². The number of hydrogen-bond acceptors (Lipinski definition) is 8. The standard InChI is InChI=1S/C21H33N3O7/c1-7-17(31-18-9-8-14(23(26)27)10-16(18)24(28)29)15(22)11-20(2,3)13-21(4,5)12-19(25)30-6/h8-10,15,17H,7,11-13,22H2,1-6H3. The molecule has 0 radical (unpaired) electrons. The summed E-state index contributed by atoms with van der Waals surface area (Å²) in [6.45, 7) is 9.94. The average Bonchev–Trinajstić information content (AvgIpc) is 2.63. The third-order valence-corrected chi connectivity index (χ3v) is 5.10. The first-order chi connectivity index (χ1) is 14.2. The lowest BCUT2D eigenvalue weighted by Crippen LogP contribution is -2.42. The van der Waals surface area contributed by atoms with E-state index in [2.05, 4.69) is 0 Å². The number of non-ortho nitro benzene ring substituents is 1. The summed E-state index contributed by atoms with van der Waals surface area (Å²) in [5.41, 5.74) is 5.02. The molecule has 0 heterocycles. The van der Waals surface area contributed by atoms with Crippen LogP contribution in [0.1, 0.15) is 60.3 Å². The number of benzene rings is 1. The van der Waals surface area contributed by atoms with E-state index < -0.39 is 27.7 Å². The Bertz CT molecular complexity index is 808. The van der Waals surface area contributed by atoms with Gasteiger partial charge in [-0.25, -0.2) is 0 Å². The SMILES string of the molecule is CCC(Oc1ccc([N+](=O)[O-])cc1[N+](=O)[O-])C(N)CC(C)(C)CC(C)(C)CC(=O)OC. The number of nitrogens with zero attached hydrogens (tertiary/aromatic N) is 2. The van der Waals surface area contributed by atoms with Gasteiger partial charge in [-0.3, -0.25) is 25.0 Å². The zero-order valence-corrected chi connectivity index (χ0v) is 19.0. The smallest absolute Gasteiger partial charge is 0.317 e. The zero-order chi connectivity index (χ0) is 24.0. The lowest BCUT2D eigenvalue weighted by Gasteiger charge is -2.37. The van der Waals surface area contributed by atoms with Crippen molar-refractivity contribution in [1.82, 2.24) is 0 Å². The van der Waals surface area contributed by atoms with E-state index in [-0.39, 0.29) is 34.7 Å². The van der Waals surface area contributed by atoms with Crippen LogP contribution in [0, 0.1) is 31.1 Å². The molecule has 10 nitrogen and oxygen atoms in total. The Balaban J connectivity index is 2.97. The number of ether oxygens (including phenoxy) is 2. The second-order valence-corrected chi connectivity index (χ2v) is 9.36. The van der Waals surface area contributed by atoms with Crippen molar-refractivity contribution < 1.29 is 24.1 Å². The Kier molecular flexibility index (Phi) is 8.92. The van der Waals surface area contributed by atoms with E-state index in [0.29, 0.717) is 19.3 Å².